The third-order valence-corrected chi connectivity index (χ3v) is 19.8. The first-order valence-corrected chi connectivity index (χ1v) is 28.5. The minimum Gasteiger partial charge on any atom is -0.507 e. The van der Waals surface area contributed by atoms with Crippen LogP contribution in [0.1, 0.15) is 94.9 Å². The molecule has 8 bridgehead atoms. The van der Waals surface area contributed by atoms with Crippen LogP contribution in [0.2, 0.25) is 0 Å². The summed E-state index contributed by atoms with van der Waals surface area (Å²) in [7, 11) is 0. The maximum Gasteiger partial charge on any atom is 0.346 e. The maximum atomic E-state index is 15.0. The highest BCUT2D eigenvalue weighted by Crippen LogP contribution is 2.58. The zero-order valence-electron chi connectivity index (χ0n) is 49.5. The summed E-state index contributed by atoms with van der Waals surface area (Å²) in [5, 5.41) is 89.5. The van der Waals surface area contributed by atoms with E-state index >= 15 is 19.2 Å². The van der Waals surface area contributed by atoms with Gasteiger partial charge in [-0.3, -0.25) is 19.2 Å². The zero-order valence-corrected chi connectivity index (χ0v) is 49.5. The third kappa shape index (κ3) is 8.98. The molecule has 4 heterocycles. The highest BCUT2D eigenvalue weighted by Gasteiger charge is 2.68. The van der Waals surface area contributed by atoms with Gasteiger partial charge in [0.1, 0.15) is 45.3 Å². The van der Waals surface area contributed by atoms with Gasteiger partial charge in [-0.1, -0.05) is 101 Å². The van der Waals surface area contributed by atoms with Crippen LogP contribution < -0.4 is 0 Å². The van der Waals surface area contributed by atoms with E-state index in [0.717, 1.165) is 12.2 Å². The molecule has 20 heteroatoms. The van der Waals surface area contributed by atoms with Gasteiger partial charge in [0.2, 0.25) is 23.1 Å². The van der Waals surface area contributed by atoms with E-state index in [2.05, 4.69) is 0 Å². The molecule has 0 saturated carbocycles. The first-order valence-electron chi connectivity index (χ1n) is 28.5. The van der Waals surface area contributed by atoms with Crippen molar-refractivity contribution < 1.29 is 98.2 Å². The van der Waals surface area contributed by atoms with E-state index in [-0.39, 0.29) is 36.8 Å². The van der Waals surface area contributed by atoms with Gasteiger partial charge in [0, 0.05) is 25.7 Å². The number of rotatable bonds is 4. The van der Waals surface area contributed by atoms with Crippen molar-refractivity contribution in [2.24, 2.45) is 45.3 Å². The lowest BCUT2D eigenvalue weighted by Gasteiger charge is -2.45. The number of esters is 4. The smallest absolute Gasteiger partial charge is 0.346 e. The van der Waals surface area contributed by atoms with Crippen molar-refractivity contribution in [1.29, 1.82) is 0 Å². The Morgan fingerprint density at radius 1 is 0.395 bits per heavy atom. The molecule has 4 spiro atoms. The number of carbonyl (C=O) groups excluding carboxylic acids is 8. The van der Waals surface area contributed by atoms with Crippen LogP contribution in [0.5, 0.6) is 0 Å². The van der Waals surface area contributed by atoms with Gasteiger partial charge in [-0.25, -0.2) is 19.2 Å². The Balaban J connectivity index is 1.26. The molecule has 456 valence electrons. The molecule has 86 heavy (non-hydrogen) atoms. The maximum absolute atomic E-state index is 15.0. The number of hydrogen-bond acceptors (Lipinski definition) is 20. The lowest BCUT2D eigenvalue weighted by atomic mass is 9.60. The largest absolute Gasteiger partial charge is 0.507 e. The second kappa shape index (κ2) is 21.4. The molecule has 0 unspecified atom stereocenters. The predicted molar refractivity (Wildman–Crippen MR) is 306 cm³/mol. The summed E-state index contributed by atoms with van der Waals surface area (Å²) in [5.41, 5.74) is -16.8. The number of aliphatic hydroxyl groups excluding tert-OH is 8. The Morgan fingerprint density at radius 2 is 0.628 bits per heavy atom. The second-order valence-electron chi connectivity index (χ2n) is 25.3. The first kappa shape index (κ1) is 62.5. The number of hydrogen-bond donors (Lipinski definition) is 8. The normalized spacial score (nSPS) is 40.6. The van der Waals surface area contributed by atoms with Gasteiger partial charge in [0.05, 0.1) is 48.1 Å². The zero-order chi connectivity index (χ0) is 63.4. The third-order valence-electron chi connectivity index (χ3n) is 19.8. The Hall–Kier alpha value is -8.04. The van der Waals surface area contributed by atoms with Crippen LogP contribution in [-0.2, 0) is 57.3 Å². The summed E-state index contributed by atoms with van der Waals surface area (Å²) in [5.74, 6) is -14.6. The molecule has 4 aliphatic heterocycles. The van der Waals surface area contributed by atoms with Crippen molar-refractivity contribution in [1.82, 2.24) is 0 Å². The predicted octanol–water partition coefficient (Wildman–Crippen LogP) is 6.68. The van der Waals surface area contributed by atoms with Gasteiger partial charge in [-0.15, -0.1) is 0 Å². The van der Waals surface area contributed by atoms with Crippen LogP contribution in [0, 0.1) is 45.3 Å². The van der Waals surface area contributed by atoms with E-state index in [1.807, 2.05) is 0 Å². The standard InChI is InChI=1S/C66H72O20/c1-33-13-11-17-59(7)25-39(29-67)35(3)21-63(59)51(75)45(55(79)83-63)44(72)16-20-62(10)28-42(32-70)38(6)24-66(62)54(78)48(58(82)86-66)50(74)34(2)14-12-18-60(8)26-40(30-68)36(4)22-64(60)52(76)46(56(80)84-64)43(71)15-19-61(9)27-41(31-69)37(5)23-65(61)53(77)47(49(33)73)57(81)85-65/h11-20,25-28,35-38,67-74H,21-24,29-32H2,1-10H3/b17-11+,18-12+,19-15+,20-16+,33-13+,34-14+,45-44?,46-43?,49-47?,50-48?/t35-,36-,37-,38-,59-,60+,61+,62+,63+,64-,65-,66-/m0/s1. The van der Waals surface area contributed by atoms with Crippen LogP contribution in [-0.4, -0.2) is 137 Å². The summed E-state index contributed by atoms with van der Waals surface area (Å²) in [6.45, 7) is 13.5. The second-order valence-corrected chi connectivity index (χ2v) is 25.3. The van der Waals surface area contributed by atoms with Gasteiger partial charge in [-0.05, 0) is 111 Å². The number of aliphatic hydroxyl groups is 8. The van der Waals surface area contributed by atoms with Crippen LogP contribution in [0.25, 0.3) is 0 Å². The SMILES string of the molecule is C/C1=C\C=C\[C@@]2(C)C=C(CO)[C@@H](C)C[C@]23OC(=O)C(=C(O)/C=C/[C@]2(C)C=C(CO)[C@@H](C)C[C@@]24OC(=O)C(=C(O)/C(C)=C/C=C/[C@]2(C)C=C(CO)[C@@H](C)C[C@@]25OC(=O)C(=C(O)/C=C/[C@]2(C)C=C(CO)[C@@H](C)C[C@@]26OC(=O)C(=C1O)C6=O)C5=O)C4=O)C3=O. The average Bonchev–Trinajstić information content (AvgIpc) is 1.52. The van der Waals surface area contributed by atoms with E-state index in [9.17, 15) is 60.0 Å². The van der Waals surface area contributed by atoms with Gasteiger partial charge in [-0.2, -0.15) is 0 Å². The molecule has 4 saturated heterocycles. The fourth-order valence-electron chi connectivity index (χ4n) is 14.3. The highest BCUT2D eigenvalue weighted by molar-refractivity contribution is 6.29. The molecule has 0 aromatic carbocycles. The molecular formula is C66H72O20. The number of carbonyl (C=O) groups is 8. The summed E-state index contributed by atoms with van der Waals surface area (Å²) in [6.07, 6.45) is 17.8. The Labute approximate surface area is 496 Å². The van der Waals surface area contributed by atoms with E-state index in [4.69, 9.17) is 18.9 Å². The van der Waals surface area contributed by atoms with Gasteiger partial charge in [0.15, 0.2) is 22.4 Å². The van der Waals surface area contributed by atoms with Gasteiger partial charge >= 0.3 is 23.9 Å². The Bertz CT molecular complexity index is 3370. The lowest BCUT2D eigenvalue weighted by molar-refractivity contribution is -0.162. The summed E-state index contributed by atoms with van der Waals surface area (Å²) in [4.78, 5) is 116. The fourth-order valence-corrected chi connectivity index (χ4v) is 14.3. The van der Waals surface area contributed by atoms with Crippen LogP contribution >= 0.6 is 0 Å². The number of Topliss-reactive ketones (excluding diaryl/α,β-unsaturated/α-hetero) is 4. The van der Waals surface area contributed by atoms with Crippen LogP contribution in [0.15, 0.2) is 164 Å². The monoisotopic (exact) mass is 1180 g/mol. The molecule has 5 aliphatic carbocycles. The summed E-state index contributed by atoms with van der Waals surface area (Å²) < 4.78 is 24.1. The number of fused-ring (bicyclic) bond motifs is 4. The molecule has 0 aromatic heterocycles. The number of ketones is 4. The van der Waals surface area contributed by atoms with E-state index in [1.165, 1.54) is 102 Å². The summed E-state index contributed by atoms with van der Waals surface area (Å²) in [6, 6.07) is 0. The van der Waals surface area contributed by atoms with Crippen LogP contribution in [0.4, 0.5) is 0 Å². The van der Waals surface area contributed by atoms with Crippen molar-refractivity contribution in [3.05, 3.63) is 164 Å². The Kier molecular flexibility index (Phi) is 15.6. The quantitative estimate of drug-likeness (QED) is 0.0629. The van der Waals surface area contributed by atoms with E-state index in [1.54, 1.807) is 39.8 Å². The molecule has 0 aromatic rings. The molecule has 8 N–H and O–H groups in total. The minimum atomic E-state index is -2.16. The van der Waals surface area contributed by atoms with Gasteiger partial charge in [0.25, 0.3) is 0 Å². The highest BCUT2D eigenvalue weighted by atomic mass is 16.6. The van der Waals surface area contributed by atoms with Crippen molar-refractivity contribution in [3.8, 4) is 0 Å². The average molecular weight is 1190 g/mol. The summed E-state index contributed by atoms with van der Waals surface area (Å²) >= 11 is 0. The molecule has 9 aliphatic rings. The van der Waals surface area contributed by atoms with Crippen molar-refractivity contribution in [2.75, 3.05) is 26.4 Å². The first-order chi connectivity index (χ1) is 40.2. The number of ether oxygens (including phenoxy) is 4. The fraction of sp³-hybridized carbons (Fsp3) is 0.455. The molecule has 0 radical (unpaired) electrons. The molecule has 4 fully saturated rings. The Morgan fingerprint density at radius 3 is 0.884 bits per heavy atom. The van der Waals surface area contributed by atoms with Crippen molar-refractivity contribution in [3.63, 3.8) is 0 Å². The molecule has 0 amide bonds. The van der Waals surface area contributed by atoms with E-state index < -0.39 is 187 Å². The molecule has 9 rings (SSSR count). The van der Waals surface area contributed by atoms with Crippen molar-refractivity contribution >= 4 is 47.0 Å². The lowest BCUT2D eigenvalue weighted by Crippen LogP contribution is -2.54. The van der Waals surface area contributed by atoms with Crippen molar-refractivity contribution in [2.45, 2.75) is 117 Å². The number of allylic oxidation sites excluding steroid dienone is 8. The van der Waals surface area contributed by atoms with Crippen LogP contribution in [0.3, 0.4) is 0 Å². The minimum absolute atomic E-state index is 0.0739. The molecule has 12 atom stereocenters. The van der Waals surface area contributed by atoms with E-state index in [0.29, 0.717) is 22.3 Å². The molecule has 20 nitrogen and oxygen atoms in total. The molecular weight excluding hydrogens is 1110 g/mol. The topological polar surface area (TPSA) is 335 Å². The van der Waals surface area contributed by atoms with Gasteiger partial charge < -0.3 is 59.8 Å².